The van der Waals surface area contributed by atoms with E-state index < -0.39 is 0 Å². The number of methoxy groups -OCH3 is 1. The Kier molecular flexibility index (Phi) is 6.85. The summed E-state index contributed by atoms with van der Waals surface area (Å²) in [5.74, 6) is 0.841. The van der Waals surface area contributed by atoms with Crippen LogP contribution in [0.5, 0.6) is 5.75 Å². The van der Waals surface area contributed by atoms with Crippen molar-refractivity contribution in [2.24, 2.45) is 0 Å². The molecule has 2 N–H and O–H groups in total. The zero-order valence-electron chi connectivity index (χ0n) is 16.6. The number of carbonyl (C=O) groups is 1. The molecule has 0 bridgehead atoms. The maximum Gasteiger partial charge on any atom is 0.275 e. The molecule has 0 saturated heterocycles. The summed E-state index contributed by atoms with van der Waals surface area (Å²) in [5, 5.41) is 5.32. The van der Waals surface area contributed by atoms with Gasteiger partial charge in [0, 0.05) is 0 Å². The third-order valence-corrected chi connectivity index (χ3v) is 5.80. The summed E-state index contributed by atoms with van der Waals surface area (Å²) in [4.78, 5) is 15.3. The normalized spacial score (nSPS) is 13.0. The van der Waals surface area contributed by atoms with E-state index in [1.807, 2.05) is 54.6 Å². The summed E-state index contributed by atoms with van der Waals surface area (Å²) >= 11 is 1.75. The highest BCUT2D eigenvalue weighted by atomic mass is 32.1. The molecular formula is C23H27N2O2S+. The number of ether oxygens (including phenoxy) is 1. The molecule has 1 heterocycles. The van der Waals surface area contributed by atoms with E-state index in [1.165, 1.54) is 15.3 Å². The van der Waals surface area contributed by atoms with E-state index in [1.54, 1.807) is 18.4 Å². The van der Waals surface area contributed by atoms with Crippen LogP contribution in [0, 0.1) is 6.92 Å². The average Bonchev–Trinajstić information content (AvgIpc) is 3.11. The van der Waals surface area contributed by atoms with Crippen molar-refractivity contribution in [3.05, 3.63) is 87.6 Å². The highest BCUT2D eigenvalue weighted by Crippen LogP contribution is 2.24. The predicted molar refractivity (Wildman–Crippen MR) is 114 cm³/mol. The van der Waals surface area contributed by atoms with Crippen LogP contribution in [0.3, 0.4) is 0 Å². The number of rotatable bonds is 8. The Labute approximate surface area is 170 Å². The molecule has 4 nitrogen and oxygen atoms in total. The molecule has 28 heavy (non-hydrogen) atoms. The van der Waals surface area contributed by atoms with Crippen LogP contribution in [-0.4, -0.2) is 26.6 Å². The summed E-state index contributed by atoms with van der Waals surface area (Å²) in [6, 6.07) is 19.9. The quantitative estimate of drug-likeness (QED) is 0.616. The molecule has 0 aliphatic carbocycles. The fraction of sp³-hybridized carbons (Fsp3) is 0.261. The minimum absolute atomic E-state index is 0.0383. The Bertz CT molecular complexity index is 890. The molecule has 0 aliphatic heterocycles. The Morgan fingerprint density at radius 3 is 2.36 bits per heavy atom. The largest absolute Gasteiger partial charge is 0.497 e. The van der Waals surface area contributed by atoms with Gasteiger partial charge >= 0.3 is 0 Å². The number of carbonyl (C=O) groups excluding carboxylic acids is 1. The number of quaternary nitrogens is 1. The lowest BCUT2D eigenvalue weighted by Crippen LogP contribution is -3.08. The molecular weight excluding hydrogens is 368 g/mol. The maximum absolute atomic E-state index is 12.8. The second kappa shape index (κ2) is 9.53. The van der Waals surface area contributed by atoms with E-state index in [9.17, 15) is 4.79 Å². The van der Waals surface area contributed by atoms with Gasteiger partial charge < -0.3 is 15.0 Å². The van der Waals surface area contributed by atoms with Gasteiger partial charge in [0.15, 0.2) is 6.54 Å². The molecule has 5 heteroatoms. The monoisotopic (exact) mass is 395 g/mol. The fourth-order valence-corrected chi connectivity index (χ4v) is 4.23. The SMILES string of the molecule is COc1ccc([C@H](NC(=O)C[NH+](C)Cc2sccc2C)c2ccccc2)cc1. The second-order valence-electron chi connectivity index (χ2n) is 7.02. The van der Waals surface area contributed by atoms with E-state index in [-0.39, 0.29) is 11.9 Å². The molecule has 1 amide bonds. The molecule has 0 spiro atoms. The van der Waals surface area contributed by atoms with Crippen LogP contribution in [0.25, 0.3) is 0 Å². The average molecular weight is 396 g/mol. The molecule has 0 fully saturated rings. The van der Waals surface area contributed by atoms with Crippen molar-refractivity contribution in [3.8, 4) is 5.75 Å². The van der Waals surface area contributed by atoms with Crippen molar-refractivity contribution < 1.29 is 14.4 Å². The lowest BCUT2D eigenvalue weighted by Gasteiger charge is -2.21. The molecule has 1 aromatic heterocycles. The molecule has 3 rings (SSSR count). The van der Waals surface area contributed by atoms with Crippen LogP contribution >= 0.6 is 11.3 Å². The van der Waals surface area contributed by atoms with E-state index in [0.717, 1.165) is 23.4 Å². The van der Waals surface area contributed by atoms with Crippen LogP contribution in [0.4, 0.5) is 0 Å². The maximum atomic E-state index is 12.8. The van der Waals surface area contributed by atoms with Crippen LogP contribution in [0.1, 0.15) is 27.6 Å². The minimum Gasteiger partial charge on any atom is -0.497 e. The first-order chi connectivity index (χ1) is 13.6. The van der Waals surface area contributed by atoms with Crippen molar-refractivity contribution in [3.63, 3.8) is 0 Å². The van der Waals surface area contributed by atoms with Gasteiger partial charge in [0.2, 0.25) is 0 Å². The van der Waals surface area contributed by atoms with Crippen molar-refractivity contribution in [1.82, 2.24) is 5.32 Å². The minimum atomic E-state index is -0.184. The molecule has 0 radical (unpaired) electrons. The lowest BCUT2D eigenvalue weighted by molar-refractivity contribution is -0.885. The topological polar surface area (TPSA) is 42.8 Å². The van der Waals surface area contributed by atoms with E-state index >= 15 is 0 Å². The number of benzene rings is 2. The fourth-order valence-electron chi connectivity index (χ4n) is 3.21. The summed E-state index contributed by atoms with van der Waals surface area (Å²) in [7, 11) is 3.71. The third kappa shape index (κ3) is 5.21. The molecule has 1 unspecified atom stereocenters. The van der Waals surface area contributed by atoms with Gasteiger partial charge in [-0.05, 0) is 47.2 Å². The smallest absolute Gasteiger partial charge is 0.275 e. The first kappa shape index (κ1) is 20.1. The summed E-state index contributed by atoms with van der Waals surface area (Å²) in [6.07, 6.45) is 0. The molecule has 146 valence electrons. The molecule has 2 aromatic carbocycles. The summed E-state index contributed by atoms with van der Waals surface area (Å²) in [6.45, 7) is 3.40. The summed E-state index contributed by atoms with van der Waals surface area (Å²) < 4.78 is 5.26. The van der Waals surface area contributed by atoms with Crippen molar-refractivity contribution in [2.75, 3.05) is 20.7 Å². The van der Waals surface area contributed by atoms with Crippen molar-refractivity contribution in [2.45, 2.75) is 19.5 Å². The summed E-state index contributed by atoms with van der Waals surface area (Å²) in [5.41, 5.74) is 3.39. The van der Waals surface area contributed by atoms with E-state index in [2.05, 4.69) is 30.7 Å². The predicted octanol–water partition coefficient (Wildman–Crippen LogP) is 2.99. The van der Waals surface area contributed by atoms with E-state index in [0.29, 0.717) is 6.54 Å². The molecule has 0 aliphatic rings. The number of hydrogen-bond donors (Lipinski definition) is 2. The Morgan fingerprint density at radius 2 is 1.75 bits per heavy atom. The number of aryl methyl sites for hydroxylation is 1. The molecule has 0 saturated carbocycles. The molecule has 3 aromatic rings. The second-order valence-corrected chi connectivity index (χ2v) is 8.02. The van der Waals surface area contributed by atoms with Gasteiger partial charge in [0.05, 0.1) is 25.1 Å². The first-order valence-electron chi connectivity index (χ1n) is 9.39. The van der Waals surface area contributed by atoms with E-state index in [4.69, 9.17) is 4.74 Å². The Balaban J connectivity index is 1.71. The van der Waals surface area contributed by atoms with Crippen LogP contribution in [0.15, 0.2) is 66.0 Å². The van der Waals surface area contributed by atoms with Gasteiger partial charge in [0.1, 0.15) is 12.3 Å². The molecule has 2 atom stereocenters. The number of amides is 1. The standard InChI is InChI=1S/C23H26N2O2S/c1-17-13-14-28-21(17)15-25(2)16-22(26)24-23(18-7-5-4-6-8-18)19-9-11-20(27-3)12-10-19/h4-14,23H,15-16H2,1-3H3,(H,24,26)/p+1/t23-/m1/s1. The third-order valence-electron chi connectivity index (χ3n) is 4.78. The lowest BCUT2D eigenvalue weighted by atomic mass is 9.98. The van der Waals surface area contributed by atoms with Gasteiger partial charge in [-0.15, -0.1) is 11.3 Å². The number of hydrogen-bond acceptors (Lipinski definition) is 3. The Hall–Kier alpha value is -2.63. The van der Waals surface area contributed by atoms with Gasteiger partial charge in [-0.2, -0.15) is 0 Å². The van der Waals surface area contributed by atoms with Crippen molar-refractivity contribution in [1.29, 1.82) is 0 Å². The zero-order valence-corrected chi connectivity index (χ0v) is 17.4. The van der Waals surface area contributed by atoms with Gasteiger partial charge in [-0.1, -0.05) is 42.5 Å². The number of likely N-dealkylation sites (N-methyl/N-ethyl adjacent to an activating group) is 1. The van der Waals surface area contributed by atoms with Crippen LogP contribution in [0.2, 0.25) is 0 Å². The first-order valence-corrected chi connectivity index (χ1v) is 10.3. The van der Waals surface area contributed by atoms with Gasteiger partial charge in [0.25, 0.3) is 5.91 Å². The van der Waals surface area contributed by atoms with Crippen molar-refractivity contribution >= 4 is 17.2 Å². The highest BCUT2D eigenvalue weighted by Gasteiger charge is 2.19. The van der Waals surface area contributed by atoms with Gasteiger partial charge in [-0.25, -0.2) is 0 Å². The zero-order chi connectivity index (χ0) is 19.9. The number of nitrogens with one attached hydrogen (secondary N) is 2. The highest BCUT2D eigenvalue weighted by molar-refractivity contribution is 7.10. The van der Waals surface area contributed by atoms with Crippen LogP contribution in [-0.2, 0) is 11.3 Å². The Morgan fingerprint density at radius 1 is 1.07 bits per heavy atom. The van der Waals surface area contributed by atoms with Gasteiger partial charge in [-0.3, -0.25) is 4.79 Å². The number of thiophene rings is 1. The van der Waals surface area contributed by atoms with Crippen LogP contribution < -0.4 is 15.0 Å².